The number of nitrogens with zero attached hydrogens (tertiary/aromatic N) is 4. The summed E-state index contributed by atoms with van der Waals surface area (Å²) in [5.41, 5.74) is 1.92. The number of fused-ring (bicyclic) bond motifs is 1. The number of aromatic nitrogens is 5. The highest BCUT2D eigenvalue weighted by Crippen LogP contribution is 2.25. The molecule has 0 bridgehead atoms. The number of rotatable bonds is 6. The van der Waals surface area contributed by atoms with Crippen molar-refractivity contribution in [3.63, 3.8) is 0 Å². The topological polar surface area (TPSA) is 126 Å². The van der Waals surface area contributed by atoms with Gasteiger partial charge in [-0.25, -0.2) is 4.98 Å². The van der Waals surface area contributed by atoms with E-state index in [0.29, 0.717) is 28.7 Å². The lowest BCUT2D eigenvalue weighted by Gasteiger charge is -2.09. The summed E-state index contributed by atoms with van der Waals surface area (Å²) in [6.45, 7) is 0. The highest BCUT2D eigenvalue weighted by atomic mass is 16.5. The fraction of sp³-hybridized carbons (Fsp3) is 0.0417. The van der Waals surface area contributed by atoms with Gasteiger partial charge in [-0.2, -0.15) is 9.50 Å². The highest BCUT2D eigenvalue weighted by Gasteiger charge is 2.12. The molecule has 3 heterocycles. The fourth-order valence-electron chi connectivity index (χ4n) is 3.37. The quantitative estimate of drug-likeness (QED) is 0.360. The van der Waals surface area contributed by atoms with E-state index >= 15 is 0 Å². The largest absolute Gasteiger partial charge is 0.457 e. The number of carbonyl (C=O) groups excluding carboxylic acids is 1. The van der Waals surface area contributed by atoms with E-state index in [1.165, 1.54) is 24.0 Å². The second kappa shape index (κ2) is 8.87. The Morgan fingerprint density at radius 3 is 2.65 bits per heavy atom. The minimum atomic E-state index is -0.301. The Morgan fingerprint density at radius 1 is 1.00 bits per heavy atom. The van der Waals surface area contributed by atoms with Crippen molar-refractivity contribution in [1.82, 2.24) is 29.9 Å². The molecule has 3 aromatic heterocycles. The third-order valence-corrected chi connectivity index (χ3v) is 4.98. The number of pyridine rings is 1. The summed E-state index contributed by atoms with van der Waals surface area (Å²) in [4.78, 5) is 37.4. The molecular formula is C24H19N7O3. The van der Waals surface area contributed by atoms with Crippen molar-refractivity contribution in [2.45, 2.75) is 0 Å². The SMILES string of the molecule is CNC(=O)c1cc(Oc2cccc(Nc3nc4ncc(-c5ccccc5)c(=O)n4[nH]3)c2)ccn1. The van der Waals surface area contributed by atoms with Crippen LogP contribution in [0.2, 0.25) is 0 Å². The highest BCUT2D eigenvalue weighted by molar-refractivity contribution is 5.92. The third kappa shape index (κ3) is 4.19. The summed E-state index contributed by atoms with van der Waals surface area (Å²) in [5, 5.41) is 8.60. The Labute approximate surface area is 193 Å². The van der Waals surface area contributed by atoms with Gasteiger partial charge < -0.3 is 15.4 Å². The molecule has 0 aliphatic carbocycles. The lowest BCUT2D eigenvalue weighted by atomic mass is 10.1. The molecule has 0 aliphatic rings. The smallest absolute Gasteiger partial charge is 0.281 e. The van der Waals surface area contributed by atoms with Gasteiger partial charge in [-0.05, 0) is 23.8 Å². The Bertz CT molecular complexity index is 1540. The van der Waals surface area contributed by atoms with Gasteiger partial charge in [0.05, 0.1) is 5.56 Å². The van der Waals surface area contributed by atoms with Crippen LogP contribution in [-0.4, -0.2) is 37.5 Å². The maximum Gasteiger partial charge on any atom is 0.281 e. The number of carbonyl (C=O) groups is 1. The second-order valence-electron chi connectivity index (χ2n) is 7.26. The van der Waals surface area contributed by atoms with Crippen molar-refractivity contribution < 1.29 is 9.53 Å². The summed E-state index contributed by atoms with van der Waals surface area (Å²) < 4.78 is 7.17. The normalized spacial score (nSPS) is 10.7. The average molecular weight is 453 g/mol. The van der Waals surface area contributed by atoms with Crippen molar-refractivity contribution in [2.75, 3.05) is 12.4 Å². The predicted molar refractivity (Wildman–Crippen MR) is 126 cm³/mol. The van der Waals surface area contributed by atoms with Crippen LogP contribution in [0.4, 0.5) is 11.6 Å². The van der Waals surface area contributed by atoms with E-state index in [-0.39, 0.29) is 22.9 Å². The van der Waals surface area contributed by atoms with Gasteiger partial charge in [0, 0.05) is 37.3 Å². The standard InChI is InChI=1S/C24H19N7O3/c1-25-21(32)20-13-18(10-11-26-20)34-17-9-5-8-16(12-17)28-23-29-24-27-14-19(22(33)31(24)30-23)15-6-3-2-4-7-15/h2-14H,1H3,(H,25,32)(H2,27,28,29,30). The number of aromatic amines is 1. The summed E-state index contributed by atoms with van der Waals surface area (Å²) in [5.74, 6) is 1.30. The van der Waals surface area contributed by atoms with Crippen molar-refractivity contribution >= 4 is 23.3 Å². The maximum absolute atomic E-state index is 12.9. The first-order chi connectivity index (χ1) is 16.6. The number of anilines is 2. The Hall–Kier alpha value is -4.99. The molecule has 10 heteroatoms. The van der Waals surface area contributed by atoms with Crippen LogP contribution in [0.1, 0.15) is 10.5 Å². The van der Waals surface area contributed by atoms with Crippen LogP contribution in [0.5, 0.6) is 11.5 Å². The first-order valence-corrected chi connectivity index (χ1v) is 10.4. The molecule has 0 radical (unpaired) electrons. The number of nitrogens with one attached hydrogen (secondary N) is 3. The molecule has 168 valence electrons. The van der Waals surface area contributed by atoms with Crippen molar-refractivity contribution in [2.24, 2.45) is 0 Å². The van der Waals surface area contributed by atoms with Gasteiger partial charge in [-0.3, -0.25) is 19.7 Å². The van der Waals surface area contributed by atoms with Crippen LogP contribution in [-0.2, 0) is 0 Å². The number of hydrogen-bond acceptors (Lipinski definition) is 7. The number of benzene rings is 2. The summed E-state index contributed by atoms with van der Waals surface area (Å²) >= 11 is 0. The van der Waals surface area contributed by atoms with E-state index in [4.69, 9.17) is 4.74 Å². The van der Waals surface area contributed by atoms with E-state index in [2.05, 4.69) is 30.7 Å². The molecule has 1 amide bonds. The molecular weight excluding hydrogens is 434 g/mol. The molecule has 0 spiro atoms. The Kier molecular flexibility index (Phi) is 5.45. The zero-order valence-electron chi connectivity index (χ0n) is 18.0. The van der Waals surface area contributed by atoms with Crippen molar-refractivity contribution in [1.29, 1.82) is 0 Å². The molecule has 0 atom stereocenters. The fourth-order valence-corrected chi connectivity index (χ4v) is 3.37. The van der Waals surface area contributed by atoms with Gasteiger partial charge in [0.15, 0.2) is 0 Å². The molecule has 0 aliphatic heterocycles. The van der Waals surface area contributed by atoms with E-state index in [1.54, 1.807) is 30.3 Å². The van der Waals surface area contributed by atoms with E-state index in [0.717, 1.165) is 5.56 Å². The Morgan fingerprint density at radius 2 is 1.82 bits per heavy atom. The first kappa shape index (κ1) is 20.9. The monoisotopic (exact) mass is 453 g/mol. The van der Waals surface area contributed by atoms with Crippen molar-refractivity contribution in [3.8, 4) is 22.6 Å². The van der Waals surface area contributed by atoms with Crippen LogP contribution < -0.4 is 20.9 Å². The summed E-state index contributed by atoms with van der Waals surface area (Å²) in [7, 11) is 1.54. The zero-order chi connectivity index (χ0) is 23.5. The zero-order valence-corrected chi connectivity index (χ0v) is 18.0. The number of amides is 1. The molecule has 2 aromatic carbocycles. The maximum atomic E-state index is 12.9. The lowest BCUT2D eigenvalue weighted by Crippen LogP contribution is -2.18. The molecule has 10 nitrogen and oxygen atoms in total. The van der Waals surface area contributed by atoms with Gasteiger partial charge >= 0.3 is 0 Å². The van der Waals surface area contributed by atoms with E-state index in [1.807, 2.05) is 36.4 Å². The lowest BCUT2D eigenvalue weighted by molar-refractivity contribution is 0.0958. The minimum absolute atomic E-state index is 0.248. The molecule has 34 heavy (non-hydrogen) atoms. The minimum Gasteiger partial charge on any atom is -0.457 e. The van der Waals surface area contributed by atoms with Gasteiger partial charge in [0.25, 0.3) is 17.2 Å². The number of ether oxygens (including phenoxy) is 1. The van der Waals surface area contributed by atoms with Gasteiger partial charge in [-0.15, -0.1) is 0 Å². The Balaban J connectivity index is 1.38. The van der Waals surface area contributed by atoms with Crippen LogP contribution >= 0.6 is 0 Å². The van der Waals surface area contributed by atoms with Crippen molar-refractivity contribution in [3.05, 3.63) is 95.2 Å². The third-order valence-electron chi connectivity index (χ3n) is 4.98. The second-order valence-corrected chi connectivity index (χ2v) is 7.26. The summed E-state index contributed by atoms with van der Waals surface area (Å²) in [6, 6.07) is 19.7. The van der Waals surface area contributed by atoms with Gasteiger partial charge in [-0.1, -0.05) is 36.4 Å². The van der Waals surface area contributed by atoms with Gasteiger partial charge in [0.1, 0.15) is 17.2 Å². The molecule has 0 saturated carbocycles. The van der Waals surface area contributed by atoms with Crippen LogP contribution in [0.3, 0.4) is 0 Å². The van der Waals surface area contributed by atoms with Crippen LogP contribution in [0.25, 0.3) is 16.9 Å². The molecule has 0 fully saturated rings. The molecule has 0 saturated heterocycles. The van der Waals surface area contributed by atoms with Crippen LogP contribution in [0.15, 0.2) is 83.9 Å². The molecule has 5 rings (SSSR count). The van der Waals surface area contributed by atoms with E-state index < -0.39 is 0 Å². The number of hydrogen-bond donors (Lipinski definition) is 3. The molecule has 0 unspecified atom stereocenters. The predicted octanol–water partition coefficient (Wildman–Crippen LogP) is 3.38. The molecule has 5 aromatic rings. The number of H-pyrrole nitrogens is 1. The molecule has 3 N–H and O–H groups in total. The average Bonchev–Trinajstić information content (AvgIpc) is 3.28. The van der Waals surface area contributed by atoms with Crippen LogP contribution in [0, 0.1) is 0 Å². The van der Waals surface area contributed by atoms with E-state index in [9.17, 15) is 9.59 Å². The van der Waals surface area contributed by atoms with Gasteiger partial charge in [0.2, 0.25) is 5.95 Å². The summed E-state index contributed by atoms with van der Waals surface area (Å²) in [6.07, 6.45) is 3.03. The first-order valence-electron chi connectivity index (χ1n) is 10.4.